The fourth-order valence-corrected chi connectivity index (χ4v) is 7.57. The van der Waals surface area contributed by atoms with E-state index in [1.165, 1.54) is 30.6 Å². The lowest BCUT2D eigenvalue weighted by Crippen LogP contribution is -2.48. The molecule has 2 aromatic rings. The molecule has 5 heterocycles. The summed E-state index contributed by atoms with van der Waals surface area (Å²) in [5.74, 6) is -1.98. The predicted molar refractivity (Wildman–Crippen MR) is 145 cm³/mol. The van der Waals surface area contributed by atoms with Gasteiger partial charge in [0, 0.05) is 36.2 Å². The van der Waals surface area contributed by atoms with E-state index in [0.29, 0.717) is 29.1 Å². The number of nitrogens with zero attached hydrogens (tertiary/aromatic N) is 4. The summed E-state index contributed by atoms with van der Waals surface area (Å²) in [5, 5.41) is 0.0912. The number of aliphatic imine (C=N–C) groups is 1. The van der Waals surface area contributed by atoms with Crippen LogP contribution in [0.2, 0.25) is 0 Å². The average molecular weight is 563 g/mol. The normalized spacial score (nSPS) is 25.5. The number of nitrogen functional groups attached to an aromatic ring is 1. The zero-order valence-electron chi connectivity index (χ0n) is 21.4. The Hall–Kier alpha value is -3.92. The maximum absolute atomic E-state index is 15.4. The molecule has 2 aliphatic carbocycles. The van der Waals surface area contributed by atoms with Crippen molar-refractivity contribution in [3.63, 3.8) is 0 Å². The highest BCUT2D eigenvalue weighted by Crippen LogP contribution is 2.57. The number of fused-ring (bicyclic) bond motifs is 5. The Morgan fingerprint density at radius 1 is 1.15 bits per heavy atom. The van der Waals surface area contributed by atoms with Crippen molar-refractivity contribution in [3.8, 4) is 11.3 Å². The average Bonchev–Trinajstić information content (AvgIpc) is 3.62. The number of halogens is 3. The standard InChI is InChI=1S/C29H25ClF2N6O2/c30-19-11-34-10-17-24(16-7-14(39)8-20(31)25(16)19)18(13-38-23(40)9-29(26(17)38)5-1-2-6-29)28-35-12-21(36-28)15-3-4-22(33)37-27(15)32/h3-4,7-8,11-12,18,26H,1-2,5-6,9-10,13H2,(H2,33,37)(H,35,36)/t18?,26-/m0/s1. The molecular weight excluding hydrogens is 538 g/mol. The summed E-state index contributed by atoms with van der Waals surface area (Å²) >= 11 is 6.53. The highest BCUT2D eigenvalue weighted by Gasteiger charge is 2.57. The number of aromatic nitrogens is 3. The van der Waals surface area contributed by atoms with E-state index in [2.05, 4.69) is 19.9 Å². The molecule has 1 unspecified atom stereocenters. The molecule has 7 rings (SSSR count). The van der Waals surface area contributed by atoms with Crippen molar-refractivity contribution in [2.75, 3.05) is 18.8 Å². The minimum atomic E-state index is -0.748. The van der Waals surface area contributed by atoms with Crippen LogP contribution in [0.25, 0.3) is 11.3 Å². The Labute approximate surface area is 233 Å². The molecule has 1 saturated carbocycles. The summed E-state index contributed by atoms with van der Waals surface area (Å²) < 4.78 is 30.0. The SMILES string of the molecule is Nc1ccc(-c2cnc(C3CN4C(=O)CC5(CCCC5)[C@@H]4C4=C3C3=CC(=O)C=C(F)C3=C(Cl)C=NC4)[nH]2)c(F)n1. The van der Waals surface area contributed by atoms with Gasteiger partial charge in [0.05, 0.1) is 41.0 Å². The largest absolute Gasteiger partial charge is 0.384 e. The third kappa shape index (κ3) is 3.72. The van der Waals surface area contributed by atoms with Crippen molar-refractivity contribution in [2.45, 2.75) is 44.1 Å². The van der Waals surface area contributed by atoms with Crippen LogP contribution in [0.4, 0.5) is 14.6 Å². The molecule has 8 nitrogen and oxygen atoms in total. The molecule has 0 aromatic carbocycles. The molecule has 11 heteroatoms. The highest BCUT2D eigenvalue weighted by molar-refractivity contribution is 6.40. The van der Waals surface area contributed by atoms with Crippen LogP contribution < -0.4 is 5.73 Å². The monoisotopic (exact) mass is 562 g/mol. The number of imidazole rings is 1. The minimum Gasteiger partial charge on any atom is -0.384 e. The number of rotatable bonds is 2. The smallest absolute Gasteiger partial charge is 0.224 e. The first kappa shape index (κ1) is 25.1. The van der Waals surface area contributed by atoms with Gasteiger partial charge in [-0.25, -0.2) is 14.4 Å². The molecule has 5 aliphatic rings. The van der Waals surface area contributed by atoms with E-state index in [0.717, 1.165) is 37.3 Å². The number of allylic oxidation sites excluding steroid dienone is 6. The maximum Gasteiger partial charge on any atom is 0.224 e. The molecule has 40 heavy (non-hydrogen) atoms. The quantitative estimate of drug-likeness (QED) is 0.515. The number of carbonyl (C=O) groups excluding carboxylic acids is 2. The molecule has 204 valence electrons. The van der Waals surface area contributed by atoms with E-state index < -0.39 is 23.5 Å². The van der Waals surface area contributed by atoms with E-state index >= 15 is 4.39 Å². The first-order valence-corrected chi connectivity index (χ1v) is 13.7. The first-order chi connectivity index (χ1) is 19.3. The van der Waals surface area contributed by atoms with Crippen LogP contribution in [-0.4, -0.2) is 56.9 Å². The third-order valence-corrected chi connectivity index (χ3v) is 9.15. The molecule has 0 bridgehead atoms. The Morgan fingerprint density at radius 2 is 1.95 bits per heavy atom. The van der Waals surface area contributed by atoms with Gasteiger partial charge in [0.15, 0.2) is 5.78 Å². The number of carbonyl (C=O) groups is 2. The van der Waals surface area contributed by atoms with Gasteiger partial charge in [0.1, 0.15) is 17.5 Å². The summed E-state index contributed by atoms with van der Waals surface area (Å²) in [6.07, 6.45) is 9.57. The van der Waals surface area contributed by atoms with E-state index in [1.54, 1.807) is 0 Å². The lowest BCUT2D eigenvalue weighted by Gasteiger charge is -2.44. The van der Waals surface area contributed by atoms with E-state index in [1.807, 2.05) is 4.90 Å². The summed E-state index contributed by atoms with van der Waals surface area (Å²) in [6, 6.07) is 2.79. The Balaban J connectivity index is 1.44. The topological polar surface area (TPSA) is 117 Å². The molecule has 2 aromatic heterocycles. The molecule has 0 radical (unpaired) electrons. The Morgan fingerprint density at radius 3 is 2.73 bits per heavy atom. The van der Waals surface area contributed by atoms with E-state index in [4.69, 9.17) is 17.3 Å². The van der Waals surface area contributed by atoms with Crippen LogP contribution in [-0.2, 0) is 9.59 Å². The van der Waals surface area contributed by atoms with Gasteiger partial charge >= 0.3 is 0 Å². The molecule has 2 fully saturated rings. The molecular formula is C29H25ClF2N6O2. The van der Waals surface area contributed by atoms with Gasteiger partial charge in [0.2, 0.25) is 11.9 Å². The number of hydrogen-bond acceptors (Lipinski definition) is 6. The van der Waals surface area contributed by atoms with E-state index in [-0.39, 0.29) is 52.4 Å². The number of nitrogens with one attached hydrogen (secondary N) is 1. The van der Waals surface area contributed by atoms with Gasteiger partial charge in [-0.2, -0.15) is 4.39 Å². The highest BCUT2D eigenvalue weighted by atomic mass is 35.5. The third-order valence-electron chi connectivity index (χ3n) is 8.86. The molecule has 1 spiro atoms. The van der Waals surface area contributed by atoms with Crippen LogP contribution in [0.5, 0.6) is 0 Å². The minimum absolute atomic E-state index is 0.0535. The van der Waals surface area contributed by atoms with Gasteiger partial charge < -0.3 is 15.6 Å². The first-order valence-electron chi connectivity index (χ1n) is 13.3. The van der Waals surface area contributed by atoms with Crippen molar-refractivity contribution >= 4 is 35.3 Å². The van der Waals surface area contributed by atoms with Crippen molar-refractivity contribution in [3.05, 3.63) is 75.4 Å². The number of aromatic amines is 1. The zero-order valence-corrected chi connectivity index (χ0v) is 22.1. The van der Waals surface area contributed by atoms with Crippen molar-refractivity contribution in [1.82, 2.24) is 19.9 Å². The second-order valence-electron chi connectivity index (χ2n) is 11.1. The summed E-state index contributed by atoms with van der Waals surface area (Å²) in [6.45, 7) is 0.511. The van der Waals surface area contributed by atoms with Crippen molar-refractivity contribution in [2.24, 2.45) is 10.4 Å². The number of ketones is 1. The van der Waals surface area contributed by atoms with Gasteiger partial charge in [-0.05, 0) is 47.8 Å². The number of hydrogen-bond donors (Lipinski definition) is 2. The fourth-order valence-electron chi connectivity index (χ4n) is 7.31. The number of anilines is 1. The Bertz CT molecular complexity index is 1640. The lowest BCUT2D eigenvalue weighted by molar-refractivity contribution is -0.129. The zero-order chi connectivity index (χ0) is 27.8. The summed E-state index contributed by atoms with van der Waals surface area (Å²) in [4.78, 5) is 44.1. The molecule has 3 N–H and O–H groups in total. The molecule has 1 saturated heterocycles. The maximum atomic E-state index is 15.4. The predicted octanol–water partition coefficient (Wildman–Crippen LogP) is 4.69. The molecule has 1 amide bonds. The second-order valence-corrected chi connectivity index (χ2v) is 11.5. The number of nitrogens with two attached hydrogens (primary N) is 1. The van der Waals surface area contributed by atoms with Crippen LogP contribution in [0.15, 0.2) is 68.6 Å². The van der Waals surface area contributed by atoms with Crippen molar-refractivity contribution in [1.29, 1.82) is 0 Å². The van der Waals surface area contributed by atoms with Crippen LogP contribution in [0.3, 0.4) is 0 Å². The lowest BCUT2D eigenvalue weighted by atomic mass is 9.69. The van der Waals surface area contributed by atoms with Crippen LogP contribution >= 0.6 is 11.6 Å². The second kappa shape index (κ2) is 9.05. The number of amides is 1. The summed E-state index contributed by atoms with van der Waals surface area (Å²) in [7, 11) is 0. The molecule has 3 aliphatic heterocycles. The number of pyridine rings is 1. The van der Waals surface area contributed by atoms with Gasteiger partial charge in [0.25, 0.3) is 0 Å². The van der Waals surface area contributed by atoms with Gasteiger partial charge in [-0.15, -0.1) is 0 Å². The van der Waals surface area contributed by atoms with Gasteiger partial charge in [-0.1, -0.05) is 24.4 Å². The van der Waals surface area contributed by atoms with Gasteiger partial charge in [-0.3, -0.25) is 14.6 Å². The van der Waals surface area contributed by atoms with E-state index in [9.17, 15) is 14.0 Å². The number of H-pyrrole nitrogens is 1. The summed E-state index contributed by atoms with van der Waals surface area (Å²) in [5.41, 5.74) is 8.00. The van der Waals surface area contributed by atoms with Crippen LogP contribution in [0, 0.1) is 11.4 Å². The Kier molecular flexibility index (Phi) is 5.68. The molecule has 2 atom stereocenters. The fraction of sp³-hybridized carbons (Fsp3) is 0.345. The van der Waals surface area contributed by atoms with Crippen LogP contribution in [0.1, 0.15) is 43.8 Å². The van der Waals surface area contributed by atoms with Crippen molar-refractivity contribution < 1.29 is 18.4 Å².